The van der Waals surface area contributed by atoms with Crippen LogP contribution in [0, 0.1) is 0 Å². The fourth-order valence-electron chi connectivity index (χ4n) is 1.64. The lowest BCUT2D eigenvalue weighted by molar-refractivity contribution is -0.120. The molecule has 0 aromatic heterocycles. The van der Waals surface area contributed by atoms with Crippen LogP contribution >= 0.6 is 35.6 Å². The molecule has 0 aliphatic rings. The molecule has 0 heterocycles. The molecule has 0 aliphatic heterocycles. The molecule has 124 valence electrons. The molecular weight excluding hydrogens is 415 g/mol. The lowest BCUT2D eigenvalue weighted by Crippen LogP contribution is -2.43. The Kier molecular flexibility index (Phi) is 11.9. The van der Waals surface area contributed by atoms with Crippen molar-refractivity contribution >= 4 is 47.4 Å². The molecule has 0 aliphatic carbocycles. The van der Waals surface area contributed by atoms with Crippen molar-refractivity contribution in [2.75, 3.05) is 19.6 Å². The summed E-state index contributed by atoms with van der Waals surface area (Å²) in [6.07, 6.45) is 0.925. The van der Waals surface area contributed by atoms with Gasteiger partial charge in [-0.2, -0.15) is 0 Å². The minimum atomic E-state index is -0.0368. The largest absolute Gasteiger partial charge is 0.357 e. The molecule has 0 atom stereocenters. The summed E-state index contributed by atoms with van der Waals surface area (Å²) in [5.74, 6) is 0.578. The quantitative estimate of drug-likeness (QED) is 0.348. The van der Waals surface area contributed by atoms with Crippen molar-refractivity contribution < 1.29 is 4.79 Å². The van der Waals surface area contributed by atoms with E-state index in [9.17, 15) is 4.79 Å². The highest BCUT2D eigenvalue weighted by molar-refractivity contribution is 14.0. The van der Waals surface area contributed by atoms with E-state index in [1.54, 1.807) is 0 Å². The van der Waals surface area contributed by atoms with Gasteiger partial charge in [-0.05, 0) is 31.0 Å². The molecular formula is C15H24ClIN4O. The summed E-state index contributed by atoms with van der Waals surface area (Å²) in [6.45, 7) is 6.14. The summed E-state index contributed by atoms with van der Waals surface area (Å²) < 4.78 is 0. The third-order valence-electron chi connectivity index (χ3n) is 2.64. The summed E-state index contributed by atoms with van der Waals surface area (Å²) in [4.78, 5) is 16.0. The van der Waals surface area contributed by atoms with Crippen molar-refractivity contribution in [3.8, 4) is 0 Å². The van der Waals surface area contributed by atoms with Gasteiger partial charge < -0.3 is 16.0 Å². The zero-order chi connectivity index (χ0) is 15.5. The van der Waals surface area contributed by atoms with Crippen LogP contribution in [0.25, 0.3) is 0 Å². The Bertz CT molecular complexity index is 482. The summed E-state index contributed by atoms with van der Waals surface area (Å²) in [5, 5.41) is 9.62. The van der Waals surface area contributed by atoms with E-state index in [1.165, 1.54) is 0 Å². The highest BCUT2D eigenvalue weighted by Crippen LogP contribution is 2.11. The number of halogens is 2. The predicted molar refractivity (Wildman–Crippen MR) is 103 cm³/mol. The second-order valence-electron chi connectivity index (χ2n) is 4.53. The highest BCUT2D eigenvalue weighted by atomic mass is 127. The van der Waals surface area contributed by atoms with Gasteiger partial charge in [0.25, 0.3) is 0 Å². The van der Waals surface area contributed by atoms with Gasteiger partial charge in [-0.1, -0.05) is 30.7 Å². The number of guanidine groups is 1. The molecule has 1 aromatic rings. The summed E-state index contributed by atoms with van der Waals surface area (Å²) in [5.41, 5.74) is 1.02. The molecule has 0 radical (unpaired) electrons. The lowest BCUT2D eigenvalue weighted by atomic mass is 10.2. The molecule has 0 unspecified atom stereocenters. The summed E-state index contributed by atoms with van der Waals surface area (Å²) >= 11 is 5.94. The number of carbonyl (C=O) groups excluding carboxylic acids is 1. The standard InChI is InChI=1S/C15H23ClN4O.HI/c1-3-8-18-14(21)11-20-15(17-4-2)19-10-12-6-5-7-13(16)9-12;/h5-7,9H,3-4,8,10-11H2,1-2H3,(H,18,21)(H2,17,19,20);1H. The van der Waals surface area contributed by atoms with Gasteiger partial charge >= 0.3 is 0 Å². The minimum Gasteiger partial charge on any atom is -0.357 e. The van der Waals surface area contributed by atoms with Crippen LogP contribution in [0.3, 0.4) is 0 Å². The molecule has 3 N–H and O–H groups in total. The van der Waals surface area contributed by atoms with Crippen molar-refractivity contribution in [1.82, 2.24) is 16.0 Å². The van der Waals surface area contributed by atoms with Gasteiger partial charge in [0.2, 0.25) is 5.91 Å². The number of aliphatic imine (C=N–C) groups is 1. The van der Waals surface area contributed by atoms with E-state index in [-0.39, 0.29) is 36.4 Å². The lowest BCUT2D eigenvalue weighted by Gasteiger charge is -2.11. The fraction of sp³-hybridized carbons (Fsp3) is 0.467. The van der Waals surface area contributed by atoms with Crippen LogP contribution in [-0.4, -0.2) is 31.5 Å². The van der Waals surface area contributed by atoms with Crippen molar-refractivity contribution in [1.29, 1.82) is 0 Å². The van der Waals surface area contributed by atoms with Crippen molar-refractivity contribution in [3.63, 3.8) is 0 Å². The van der Waals surface area contributed by atoms with Gasteiger partial charge in [-0.25, -0.2) is 4.99 Å². The van der Waals surface area contributed by atoms with E-state index >= 15 is 0 Å². The first-order valence-electron chi connectivity index (χ1n) is 7.19. The van der Waals surface area contributed by atoms with Crippen LogP contribution in [0.5, 0.6) is 0 Å². The molecule has 0 spiro atoms. The van der Waals surface area contributed by atoms with E-state index < -0.39 is 0 Å². The Labute approximate surface area is 154 Å². The predicted octanol–water partition coefficient (Wildman–Crippen LogP) is 2.54. The van der Waals surface area contributed by atoms with Crippen molar-refractivity contribution in [2.24, 2.45) is 4.99 Å². The number of benzene rings is 1. The Balaban J connectivity index is 0.00000441. The molecule has 0 saturated carbocycles. The Hall–Kier alpha value is -1.02. The van der Waals surface area contributed by atoms with Gasteiger partial charge in [0.1, 0.15) is 0 Å². The molecule has 22 heavy (non-hydrogen) atoms. The monoisotopic (exact) mass is 438 g/mol. The van der Waals surface area contributed by atoms with Gasteiger partial charge in [0.05, 0.1) is 13.1 Å². The number of hydrogen-bond donors (Lipinski definition) is 3. The Morgan fingerprint density at radius 1 is 1.23 bits per heavy atom. The summed E-state index contributed by atoms with van der Waals surface area (Å²) in [6, 6.07) is 7.57. The normalized spacial score (nSPS) is 10.6. The second-order valence-corrected chi connectivity index (χ2v) is 4.97. The van der Waals surface area contributed by atoms with Crippen LogP contribution in [-0.2, 0) is 11.3 Å². The first-order chi connectivity index (χ1) is 10.2. The van der Waals surface area contributed by atoms with Crippen molar-refractivity contribution in [3.05, 3.63) is 34.9 Å². The van der Waals surface area contributed by atoms with Gasteiger partial charge in [0.15, 0.2) is 5.96 Å². The zero-order valence-electron chi connectivity index (χ0n) is 13.0. The van der Waals surface area contributed by atoms with Crippen LogP contribution in [0.15, 0.2) is 29.3 Å². The number of nitrogens with zero attached hydrogens (tertiary/aromatic N) is 1. The maximum atomic E-state index is 11.6. The summed E-state index contributed by atoms with van der Waals surface area (Å²) in [7, 11) is 0. The van der Waals surface area contributed by atoms with Crippen LogP contribution in [0.4, 0.5) is 0 Å². The van der Waals surface area contributed by atoms with E-state index in [0.717, 1.165) is 18.5 Å². The molecule has 1 rings (SSSR count). The van der Waals surface area contributed by atoms with Gasteiger partial charge in [0, 0.05) is 18.1 Å². The molecule has 5 nitrogen and oxygen atoms in total. The van der Waals surface area contributed by atoms with Crippen LogP contribution in [0.2, 0.25) is 5.02 Å². The minimum absolute atomic E-state index is 0. The highest BCUT2D eigenvalue weighted by Gasteiger charge is 2.02. The average Bonchev–Trinajstić information content (AvgIpc) is 2.48. The number of carbonyl (C=O) groups is 1. The molecule has 1 aromatic carbocycles. The van der Waals surface area contributed by atoms with E-state index in [0.29, 0.717) is 24.1 Å². The average molecular weight is 439 g/mol. The number of hydrogen-bond acceptors (Lipinski definition) is 2. The third kappa shape index (κ3) is 9.09. The zero-order valence-corrected chi connectivity index (χ0v) is 16.1. The maximum Gasteiger partial charge on any atom is 0.239 e. The second kappa shape index (κ2) is 12.5. The number of nitrogens with one attached hydrogen (secondary N) is 3. The molecule has 0 fully saturated rings. The Morgan fingerprint density at radius 3 is 2.64 bits per heavy atom. The SMILES string of the molecule is CCCNC(=O)CNC(=NCc1cccc(Cl)c1)NCC.I. The van der Waals surface area contributed by atoms with Gasteiger partial charge in [-0.3, -0.25) is 4.79 Å². The Morgan fingerprint density at radius 2 is 2.00 bits per heavy atom. The molecule has 1 amide bonds. The fourth-order valence-corrected chi connectivity index (χ4v) is 1.85. The van der Waals surface area contributed by atoms with E-state index in [1.807, 2.05) is 38.1 Å². The third-order valence-corrected chi connectivity index (χ3v) is 2.88. The topological polar surface area (TPSA) is 65.5 Å². The van der Waals surface area contributed by atoms with Gasteiger partial charge in [-0.15, -0.1) is 24.0 Å². The first-order valence-corrected chi connectivity index (χ1v) is 7.56. The maximum absolute atomic E-state index is 11.6. The number of amides is 1. The smallest absolute Gasteiger partial charge is 0.239 e. The van der Waals surface area contributed by atoms with Crippen molar-refractivity contribution in [2.45, 2.75) is 26.8 Å². The first kappa shape index (κ1) is 21.0. The molecule has 7 heteroatoms. The number of rotatable bonds is 7. The van der Waals surface area contributed by atoms with Crippen LogP contribution < -0.4 is 16.0 Å². The van der Waals surface area contributed by atoms with Crippen LogP contribution in [0.1, 0.15) is 25.8 Å². The molecule has 0 saturated heterocycles. The van der Waals surface area contributed by atoms with E-state index in [2.05, 4.69) is 20.9 Å². The molecule has 0 bridgehead atoms. The van der Waals surface area contributed by atoms with E-state index in [4.69, 9.17) is 11.6 Å².